The van der Waals surface area contributed by atoms with Crippen molar-refractivity contribution in [3.8, 4) is 5.75 Å². The minimum atomic E-state index is -0.181. The quantitative estimate of drug-likeness (QED) is 0.257. The van der Waals surface area contributed by atoms with Gasteiger partial charge in [-0.1, -0.05) is 69.0 Å². The van der Waals surface area contributed by atoms with E-state index < -0.39 is 0 Å². The summed E-state index contributed by atoms with van der Waals surface area (Å²) in [6.07, 6.45) is 1.81. The summed E-state index contributed by atoms with van der Waals surface area (Å²) in [5.41, 5.74) is 5.89. The molecule has 0 bridgehead atoms. The van der Waals surface area contributed by atoms with Crippen LogP contribution in [-0.4, -0.2) is 17.5 Å². The topological polar surface area (TPSA) is 35.4 Å². The summed E-state index contributed by atoms with van der Waals surface area (Å²) >= 11 is 0. The number of rotatable bonds is 8. The van der Waals surface area contributed by atoms with Crippen molar-refractivity contribution in [1.82, 2.24) is 9.88 Å². The number of nitrogens with one attached hydrogen (secondary N) is 1. The van der Waals surface area contributed by atoms with Crippen molar-refractivity contribution < 1.29 is 13.9 Å². The fourth-order valence-electron chi connectivity index (χ4n) is 4.90. The fourth-order valence-corrected chi connectivity index (χ4v) is 4.90. The highest BCUT2D eigenvalue weighted by atomic mass is 19.1. The third kappa shape index (κ3) is 6.46. The fraction of sp³-hybridized carbons (Fsp3) is 0.333. The molecule has 1 N–H and O–H groups in total. The molecule has 0 radical (unpaired) electrons. The Bertz CT molecular complexity index is 1330. The van der Waals surface area contributed by atoms with Crippen LogP contribution in [-0.2, 0) is 17.8 Å². The van der Waals surface area contributed by atoms with Crippen molar-refractivity contribution in [1.29, 1.82) is 0 Å². The number of ether oxygens (including phenoxy) is 2. The van der Waals surface area contributed by atoms with Crippen LogP contribution >= 0.6 is 0 Å². The lowest BCUT2D eigenvalue weighted by molar-refractivity contribution is -0.0389. The van der Waals surface area contributed by atoms with Gasteiger partial charge in [-0.2, -0.15) is 0 Å². The first-order valence-corrected chi connectivity index (χ1v) is 13.5. The molecule has 200 valence electrons. The number of benzene rings is 3. The molecule has 1 atom stereocenters. The maximum absolute atomic E-state index is 14.0. The first kappa shape index (κ1) is 27.5. The zero-order chi connectivity index (χ0) is 27.1. The molecule has 0 aliphatic carbocycles. The minimum Gasteiger partial charge on any atom is -0.465 e. The molecule has 4 aromatic rings. The molecule has 3 aromatic carbocycles. The van der Waals surface area contributed by atoms with Crippen LogP contribution in [0.4, 0.5) is 4.39 Å². The summed E-state index contributed by atoms with van der Waals surface area (Å²) in [5.74, 6) is 0.960. The van der Waals surface area contributed by atoms with Gasteiger partial charge in [0.15, 0.2) is 6.29 Å². The Morgan fingerprint density at radius 1 is 1.11 bits per heavy atom. The molecule has 0 saturated carbocycles. The van der Waals surface area contributed by atoms with Gasteiger partial charge in [0.25, 0.3) is 0 Å². The van der Waals surface area contributed by atoms with Gasteiger partial charge in [-0.25, -0.2) is 4.39 Å². The van der Waals surface area contributed by atoms with Gasteiger partial charge in [0.2, 0.25) is 0 Å². The lowest BCUT2D eigenvalue weighted by atomic mass is 10.0. The van der Waals surface area contributed by atoms with E-state index in [0.717, 1.165) is 59.5 Å². The van der Waals surface area contributed by atoms with Gasteiger partial charge in [-0.15, -0.1) is 0 Å². The molecule has 1 fully saturated rings. The zero-order valence-corrected chi connectivity index (χ0v) is 23.0. The Labute approximate surface area is 226 Å². The monoisotopic (exact) mass is 514 g/mol. The Morgan fingerprint density at radius 2 is 1.82 bits per heavy atom. The standard InChI is InChI=1S/C27H33FN2O2.C6H6/c1-6-30-24-15-21(32-25-8-7-13-31-25)11-12-22(24)26(27(30)17(2)3)19(5)29-16-20-10-9-18(4)23(28)14-20;1-2-4-6-5-3-1/h9-12,14-15,17,25,29H,5-8,13,16H2,1-4H3;1-6H. The Hall–Kier alpha value is -3.57. The average Bonchev–Trinajstić information content (AvgIpc) is 3.56. The molecular weight excluding hydrogens is 475 g/mol. The summed E-state index contributed by atoms with van der Waals surface area (Å²) in [4.78, 5) is 0. The van der Waals surface area contributed by atoms with Gasteiger partial charge in [-0.3, -0.25) is 0 Å². The van der Waals surface area contributed by atoms with E-state index in [1.807, 2.05) is 54.6 Å². The van der Waals surface area contributed by atoms with Gasteiger partial charge >= 0.3 is 0 Å². The first-order valence-electron chi connectivity index (χ1n) is 13.5. The molecule has 0 spiro atoms. The van der Waals surface area contributed by atoms with Gasteiger partial charge < -0.3 is 19.4 Å². The molecular formula is C33H39FN2O2. The van der Waals surface area contributed by atoms with Gasteiger partial charge in [0.05, 0.1) is 12.1 Å². The van der Waals surface area contributed by atoms with E-state index in [0.29, 0.717) is 18.0 Å². The maximum Gasteiger partial charge on any atom is 0.199 e. The van der Waals surface area contributed by atoms with Crippen LogP contribution in [0.5, 0.6) is 5.75 Å². The predicted octanol–water partition coefficient (Wildman–Crippen LogP) is 8.19. The molecule has 4 nitrogen and oxygen atoms in total. The number of halogens is 1. The Balaban J connectivity index is 0.000000494. The summed E-state index contributed by atoms with van der Waals surface area (Å²) in [6.45, 7) is 14.8. The van der Waals surface area contributed by atoms with Crippen LogP contribution in [0.2, 0.25) is 0 Å². The normalized spacial score (nSPS) is 14.8. The Morgan fingerprint density at radius 3 is 2.39 bits per heavy atom. The summed E-state index contributed by atoms with van der Waals surface area (Å²) in [7, 11) is 0. The third-order valence-corrected chi connectivity index (χ3v) is 6.81. The zero-order valence-electron chi connectivity index (χ0n) is 23.0. The second-order valence-corrected chi connectivity index (χ2v) is 9.97. The highest BCUT2D eigenvalue weighted by Crippen LogP contribution is 2.37. The highest BCUT2D eigenvalue weighted by molar-refractivity contribution is 5.95. The number of nitrogens with zero attached hydrogens (tertiary/aromatic N) is 1. The van der Waals surface area contributed by atoms with Crippen LogP contribution in [0.15, 0.2) is 79.4 Å². The van der Waals surface area contributed by atoms with Crippen molar-refractivity contribution in [3.63, 3.8) is 0 Å². The number of fused-ring (bicyclic) bond motifs is 1. The largest absolute Gasteiger partial charge is 0.465 e. The van der Waals surface area contributed by atoms with Crippen LogP contribution in [0.25, 0.3) is 16.6 Å². The van der Waals surface area contributed by atoms with E-state index in [2.05, 4.69) is 49.4 Å². The molecule has 1 aliphatic heterocycles. The smallest absolute Gasteiger partial charge is 0.199 e. The van der Waals surface area contributed by atoms with Crippen molar-refractivity contribution >= 4 is 16.6 Å². The van der Waals surface area contributed by atoms with E-state index in [9.17, 15) is 4.39 Å². The van der Waals surface area contributed by atoms with Crippen LogP contribution in [0.1, 0.15) is 61.9 Å². The molecule has 5 heteroatoms. The first-order chi connectivity index (χ1) is 18.4. The van der Waals surface area contributed by atoms with Gasteiger partial charge in [-0.05, 0) is 55.5 Å². The minimum absolute atomic E-state index is 0.159. The van der Waals surface area contributed by atoms with E-state index in [1.165, 1.54) is 5.69 Å². The van der Waals surface area contributed by atoms with E-state index in [4.69, 9.17) is 9.47 Å². The Kier molecular flexibility index (Phi) is 9.24. The molecule has 2 heterocycles. The van der Waals surface area contributed by atoms with Crippen molar-refractivity contribution in [2.75, 3.05) is 6.61 Å². The lowest BCUT2D eigenvalue weighted by Gasteiger charge is -2.16. The van der Waals surface area contributed by atoms with Gasteiger partial charge in [0, 0.05) is 47.9 Å². The molecule has 0 amide bonds. The van der Waals surface area contributed by atoms with Crippen molar-refractivity contribution in [3.05, 3.63) is 108 Å². The van der Waals surface area contributed by atoms with Crippen molar-refractivity contribution in [2.45, 2.75) is 65.8 Å². The van der Waals surface area contributed by atoms with Crippen LogP contribution in [0, 0.1) is 12.7 Å². The van der Waals surface area contributed by atoms with Crippen LogP contribution < -0.4 is 10.1 Å². The number of hydrogen-bond donors (Lipinski definition) is 1. The second-order valence-electron chi connectivity index (χ2n) is 9.97. The molecule has 1 aliphatic rings. The lowest BCUT2D eigenvalue weighted by Crippen LogP contribution is -2.13. The SMILES string of the molecule is C=C(NCc1ccc(C)c(F)c1)c1c(C(C)C)n(CC)c2cc(OC3CCCO3)ccc12.c1ccccc1. The summed E-state index contributed by atoms with van der Waals surface area (Å²) < 4.78 is 28.0. The van der Waals surface area contributed by atoms with E-state index in [-0.39, 0.29) is 12.1 Å². The van der Waals surface area contributed by atoms with Gasteiger partial charge in [0.1, 0.15) is 11.6 Å². The summed E-state index contributed by atoms with van der Waals surface area (Å²) in [5, 5.41) is 4.58. The van der Waals surface area contributed by atoms with Crippen molar-refractivity contribution in [2.24, 2.45) is 0 Å². The van der Waals surface area contributed by atoms with E-state index >= 15 is 0 Å². The predicted molar refractivity (Wildman–Crippen MR) is 155 cm³/mol. The average molecular weight is 515 g/mol. The third-order valence-electron chi connectivity index (χ3n) is 6.81. The molecule has 1 aromatic heterocycles. The molecule has 1 unspecified atom stereocenters. The molecule has 38 heavy (non-hydrogen) atoms. The number of hydrogen-bond acceptors (Lipinski definition) is 3. The van der Waals surface area contributed by atoms with Crippen LogP contribution in [0.3, 0.4) is 0 Å². The maximum atomic E-state index is 14.0. The summed E-state index contributed by atoms with van der Waals surface area (Å²) in [6, 6.07) is 23.6. The van der Waals surface area contributed by atoms with E-state index in [1.54, 1.807) is 13.0 Å². The number of aryl methyl sites for hydroxylation is 2. The molecule has 1 saturated heterocycles. The highest BCUT2D eigenvalue weighted by Gasteiger charge is 2.23. The second kappa shape index (κ2) is 12.8. The molecule has 5 rings (SSSR count). The number of aromatic nitrogens is 1.